The van der Waals surface area contributed by atoms with E-state index in [-0.39, 0.29) is 6.42 Å². The van der Waals surface area contributed by atoms with Gasteiger partial charge in [0.15, 0.2) is 5.54 Å². The average Bonchev–Trinajstić information content (AvgIpc) is 3.25. The number of nitrogens with zero attached hydrogens (tertiary/aromatic N) is 2. The predicted octanol–water partition coefficient (Wildman–Crippen LogP) is -1.20. The largest absolute Gasteiger partial charge is 0.480 e. The number of amides is 3. The Kier molecular flexibility index (Phi) is 6.86. The van der Waals surface area contributed by atoms with Crippen LogP contribution in [0.5, 0.6) is 0 Å². The number of carboxylic acids is 1. The summed E-state index contributed by atoms with van der Waals surface area (Å²) in [6.45, 7) is 4.76. The first-order valence-electron chi connectivity index (χ1n) is 13.3. The second-order valence-corrected chi connectivity index (χ2v) is 16.6. The molecule has 228 valence electrons. The van der Waals surface area contributed by atoms with Gasteiger partial charge in [0.25, 0.3) is 5.91 Å². The van der Waals surface area contributed by atoms with Crippen molar-refractivity contribution >= 4 is 51.3 Å². The average molecular weight is 625 g/mol. The lowest BCUT2D eigenvalue weighted by Gasteiger charge is -2.53. The van der Waals surface area contributed by atoms with E-state index in [9.17, 15) is 37.5 Å². The molecule has 3 unspecified atom stereocenters. The number of carbonyl (C=O) groups excluding carboxylic acids is 4. The van der Waals surface area contributed by atoms with Crippen molar-refractivity contribution in [1.82, 2.24) is 10.2 Å². The van der Waals surface area contributed by atoms with Gasteiger partial charge < -0.3 is 25.8 Å². The normalized spacial score (nSPS) is 35.7. The lowest BCUT2D eigenvalue weighted by Crippen LogP contribution is -2.82. The molecule has 4 aliphatic rings. The van der Waals surface area contributed by atoms with Crippen molar-refractivity contribution in [1.29, 1.82) is 0 Å². The van der Waals surface area contributed by atoms with Gasteiger partial charge in [-0.2, -0.15) is 0 Å². The molecule has 0 saturated carbocycles. The number of nitrogens with one attached hydrogen (secondary N) is 1. The fourth-order valence-electron chi connectivity index (χ4n) is 6.84. The van der Waals surface area contributed by atoms with Crippen LogP contribution in [-0.2, 0) is 38.5 Å². The van der Waals surface area contributed by atoms with E-state index >= 15 is 0 Å². The van der Waals surface area contributed by atoms with E-state index in [1.54, 1.807) is 44.2 Å². The van der Waals surface area contributed by atoms with Gasteiger partial charge in [0.2, 0.25) is 27.2 Å². The second-order valence-electron chi connectivity index (χ2n) is 12.2. The van der Waals surface area contributed by atoms with Gasteiger partial charge in [-0.3, -0.25) is 15.3 Å². The Morgan fingerprint density at radius 1 is 1.19 bits per heavy atom. The summed E-state index contributed by atoms with van der Waals surface area (Å²) in [5, 5.41) is 10.4. The van der Waals surface area contributed by atoms with Crippen LogP contribution in [0.3, 0.4) is 0 Å². The number of carboxylic acid groups (broad SMARTS) is 1. The number of benzene rings is 1. The lowest BCUT2D eigenvalue weighted by molar-refractivity contribution is -0.902. The maximum absolute atomic E-state index is 13.8. The number of fused-ring (bicyclic) bond motifs is 2. The quantitative estimate of drug-likeness (QED) is 0.152. The molecule has 4 aliphatic heterocycles. The summed E-state index contributed by atoms with van der Waals surface area (Å²) in [5.41, 5.74) is 10.6. The number of hydrogen-bond acceptors (Lipinski definition) is 11. The zero-order valence-electron chi connectivity index (χ0n) is 23.5. The third-order valence-corrected chi connectivity index (χ3v) is 13.8. The summed E-state index contributed by atoms with van der Waals surface area (Å²) in [7, 11) is -3.99. The van der Waals surface area contributed by atoms with Gasteiger partial charge in [0.05, 0.1) is 0 Å². The van der Waals surface area contributed by atoms with Crippen LogP contribution in [0.2, 0.25) is 0 Å². The highest BCUT2D eigenvalue weighted by Crippen LogP contribution is 2.56. The van der Waals surface area contributed by atoms with E-state index in [2.05, 4.69) is 5.32 Å². The molecule has 3 amide bonds. The molecule has 0 radical (unpaired) electrons. The van der Waals surface area contributed by atoms with E-state index < -0.39 is 101 Å². The summed E-state index contributed by atoms with van der Waals surface area (Å²) in [6, 6.07) is 4.40. The topological polar surface area (TPSA) is 216 Å². The number of carbonyl (C=O) groups is 5. The number of hydrogen-bond donors (Lipinski definition) is 4. The summed E-state index contributed by atoms with van der Waals surface area (Å²) in [4.78, 5) is 66.9. The van der Waals surface area contributed by atoms with Crippen molar-refractivity contribution in [3.05, 3.63) is 35.9 Å². The number of esters is 1. The highest BCUT2D eigenvalue weighted by molar-refractivity contribution is 8.01. The molecule has 0 aliphatic carbocycles. The summed E-state index contributed by atoms with van der Waals surface area (Å²) in [5.74, 6) is -4.39. The van der Waals surface area contributed by atoms with Gasteiger partial charge in [0.1, 0.15) is 41.9 Å². The molecule has 1 aromatic carbocycles. The van der Waals surface area contributed by atoms with E-state index in [1.165, 1.54) is 13.8 Å². The molecule has 0 aromatic heterocycles. The first-order valence-corrected chi connectivity index (χ1v) is 15.7. The number of ether oxygens (including phenoxy) is 1. The third-order valence-electron chi connectivity index (χ3n) is 9.17. The highest BCUT2D eigenvalue weighted by atomic mass is 32.2. The molecule has 6 N–H and O–H groups in total. The van der Waals surface area contributed by atoms with E-state index in [0.717, 1.165) is 16.7 Å². The molecule has 1 aromatic rings. The Labute approximate surface area is 246 Å². The van der Waals surface area contributed by atoms with Crippen LogP contribution in [0.1, 0.15) is 45.7 Å². The first-order chi connectivity index (χ1) is 19.4. The Hall–Kier alpha value is -3.05. The number of sulfone groups is 1. The standard InChI is InChI=1S/C26H33N5O9S2/c1-24(2)17(20(34)35)30-22(37)26(23(30)41-24,29-19(33)16(28)13-8-6-5-7-9-13)11-40-21(36)18-25(3,4)42(38,39)15-10-14(32)31(15,18)12-27/h5-9,15-18,23H,10-12,27-28H2,1-4H3,(H-,29,33,34,35)/p+1/t15-,16?,17+,18+,23-,26?,31?/m1/s1. The van der Waals surface area contributed by atoms with Crippen molar-refractivity contribution < 1.29 is 46.7 Å². The minimum Gasteiger partial charge on any atom is -0.480 e. The fraction of sp³-hybridized carbons (Fsp3) is 0.577. The predicted molar refractivity (Wildman–Crippen MR) is 148 cm³/mol. The molecule has 0 spiro atoms. The molecule has 0 bridgehead atoms. The molecule has 4 fully saturated rings. The number of quaternary nitrogens is 1. The zero-order chi connectivity index (χ0) is 31.2. The Bertz CT molecular complexity index is 1500. The van der Waals surface area contributed by atoms with Crippen molar-refractivity contribution in [2.24, 2.45) is 11.5 Å². The van der Waals surface area contributed by atoms with Gasteiger partial charge in [-0.25, -0.2) is 27.3 Å². The molecule has 5 rings (SSSR count). The Morgan fingerprint density at radius 2 is 1.81 bits per heavy atom. The van der Waals surface area contributed by atoms with Crippen LogP contribution in [0.4, 0.5) is 0 Å². The number of nitrogens with two attached hydrogens (primary N) is 2. The summed E-state index contributed by atoms with van der Waals surface area (Å²) >= 11 is 1.12. The number of rotatable bonds is 8. The van der Waals surface area contributed by atoms with Gasteiger partial charge in [-0.1, -0.05) is 30.3 Å². The molecule has 4 heterocycles. The number of β-lactam (4-membered cyclic amide) rings is 2. The molecule has 42 heavy (non-hydrogen) atoms. The summed E-state index contributed by atoms with van der Waals surface area (Å²) in [6.07, 6.45) is -0.276. The van der Waals surface area contributed by atoms with Crippen LogP contribution in [0.15, 0.2) is 30.3 Å². The van der Waals surface area contributed by atoms with Gasteiger partial charge in [-0.15, -0.1) is 11.8 Å². The monoisotopic (exact) mass is 624 g/mol. The van der Waals surface area contributed by atoms with Crippen LogP contribution >= 0.6 is 11.8 Å². The van der Waals surface area contributed by atoms with Crippen LogP contribution in [0.25, 0.3) is 0 Å². The van der Waals surface area contributed by atoms with E-state index in [4.69, 9.17) is 16.2 Å². The smallest absolute Gasteiger partial charge is 0.367 e. The molecule has 7 atom stereocenters. The third kappa shape index (κ3) is 3.74. The van der Waals surface area contributed by atoms with Crippen LogP contribution < -0.4 is 16.8 Å². The minimum absolute atomic E-state index is 0.276. The minimum atomic E-state index is -3.99. The molecular formula is C26H34N5O9S2+. The fourth-order valence-corrected chi connectivity index (χ4v) is 11.0. The number of aliphatic carboxylic acids is 1. The van der Waals surface area contributed by atoms with Crippen LogP contribution in [-0.4, -0.2) is 104 Å². The SMILES string of the molecule is CC1(C)S[C@H]2N(C(=O)C2(COC(=O)[C@H]2C(C)(C)S(=O)(=O)[C@@H]3CC(=O)[N+]32CN)NC(=O)C(N)c2ccccc2)[C@H]1C(=O)O. The van der Waals surface area contributed by atoms with Crippen molar-refractivity contribution in [2.45, 2.75) is 78.0 Å². The maximum Gasteiger partial charge on any atom is 0.367 e. The maximum atomic E-state index is 13.8. The Morgan fingerprint density at radius 3 is 2.36 bits per heavy atom. The van der Waals surface area contributed by atoms with E-state index in [1.807, 2.05) is 0 Å². The Balaban J connectivity index is 1.48. The second kappa shape index (κ2) is 9.47. The van der Waals surface area contributed by atoms with Gasteiger partial charge in [-0.05, 0) is 33.3 Å². The summed E-state index contributed by atoms with van der Waals surface area (Å²) < 4.78 is 28.7. The molecular weight excluding hydrogens is 590 g/mol. The van der Waals surface area contributed by atoms with Crippen molar-refractivity contribution in [3.63, 3.8) is 0 Å². The first kappa shape index (κ1) is 30.4. The van der Waals surface area contributed by atoms with Crippen LogP contribution in [0, 0.1) is 0 Å². The highest BCUT2D eigenvalue weighted by Gasteiger charge is 2.81. The molecule has 16 heteroatoms. The molecule has 14 nitrogen and oxygen atoms in total. The lowest BCUT2D eigenvalue weighted by atomic mass is 9.84. The zero-order valence-corrected chi connectivity index (χ0v) is 25.1. The van der Waals surface area contributed by atoms with E-state index in [0.29, 0.717) is 5.56 Å². The van der Waals surface area contributed by atoms with Gasteiger partial charge in [0, 0.05) is 4.75 Å². The van der Waals surface area contributed by atoms with Gasteiger partial charge >= 0.3 is 17.8 Å². The number of thioether (sulfide) groups is 1. The van der Waals surface area contributed by atoms with Crippen molar-refractivity contribution in [3.8, 4) is 0 Å². The molecule has 4 saturated heterocycles. The van der Waals surface area contributed by atoms with Crippen molar-refractivity contribution in [2.75, 3.05) is 13.3 Å².